The first-order chi connectivity index (χ1) is 8.16. The molecule has 0 aromatic carbocycles. The number of aryl methyl sites for hydroxylation is 1. The molecule has 0 fully saturated rings. The first-order valence-electron chi connectivity index (χ1n) is 4.94. The van der Waals surface area contributed by atoms with Gasteiger partial charge in [-0.2, -0.15) is 0 Å². The van der Waals surface area contributed by atoms with Crippen LogP contribution in [0.4, 0.5) is 0 Å². The highest BCUT2D eigenvalue weighted by Gasteiger charge is 2.09. The van der Waals surface area contributed by atoms with Crippen LogP contribution in [0.5, 0.6) is 11.5 Å². The lowest BCUT2D eigenvalue weighted by Gasteiger charge is -2.05. The molecule has 0 amide bonds. The van der Waals surface area contributed by atoms with Gasteiger partial charge in [-0.1, -0.05) is 0 Å². The molecule has 0 bridgehead atoms. The van der Waals surface area contributed by atoms with E-state index in [9.17, 15) is 9.90 Å². The Kier molecular flexibility index (Phi) is 3.00. The normalized spacial score (nSPS) is 9.94. The van der Waals surface area contributed by atoms with Crippen molar-refractivity contribution >= 4 is 5.97 Å². The second-order valence-corrected chi connectivity index (χ2v) is 3.40. The van der Waals surface area contributed by atoms with Gasteiger partial charge in [0.25, 0.3) is 0 Å². The van der Waals surface area contributed by atoms with Crippen molar-refractivity contribution in [3.8, 4) is 11.5 Å². The molecule has 0 saturated carbocycles. The van der Waals surface area contributed by atoms with Crippen LogP contribution >= 0.6 is 0 Å². The van der Waals surface area contributed by atoms with Crippen LogP contribution in [0.1, 0.15) is 16.1 Å². The van der Waals surface area contributed by atoms with Crippen molar-refractivity contribution in [2.24, 2.45) is 0 Å². The number of carbonyl (C=O) groups is 1. The van der Waals surface area contributed by atoms with E-state index < -0.39 is 5.97 Å². The van der Waals surface area contributed by atoms with Gasteiger partial charge in [-0.05, 0) is 19.1 Å². The van der Waals surface area contributed by atoms with Gasteiger partial charge in [0.15, 0.2) is 5.75 Å². The smallest absolute Gasteiger partial charge is 0.343 e. The standard InChI is InChI=1S/C12H10N2O3/c1-8-11(15)6-10(7-14-8)17-12(16)9-2-4-13-5-3-9/h2-7,15H,1H3. The number of rotatable bonds is 2. The summed E-state index contributed by atoms with van der Waals surface area (Å²) in [6, 6.07) is 4.44. The summed E-state index contributed by atoms with van der Waals surface area (Å²) in [6.07, 6.45) is 4.39. The van der Waals surface area contributed by atoms with Crippen LogP contribution in [0.25, 0.3) is 0 Å². The topological polar surface area (TPSA) is 72.3 Å². The summed E-state index contributed by atoms with van der Waals surface area (Å²) in [5, 5.41) is 9.42. The van der Waals surface area contributed by atoms with Gasteiger partial charge in [-0.25, -0.2) is 4.79 Å². The van der Waals surface area contributed by atoms with Crippen molar-refractivity contribution in [1.82, 2.24) is 9.97 Å². The van der Waals surface area contributed by atoms with Crippen LogP contribution in [0, 0.1) is 6.92 Å². The maximum Gasteiger partial charge on any atom is 0.343 e. The van der Waals surface area contributed by atoms with Crippen LogP contribution in [0.2, 0.25) is 0 Å². The Labute approximate surface area is 97.7 Å². The average Bonchev–Trinajstić information content (AvgIpc) is 2.35. The van der Waals surface area contributed by atoms with Crippen LogP contribution in [0.3, 0.4) is 0 Å². The molecule has 2 aromatic rings. The Bertz CT molecular complexity index is 541. The summed E-state index contributed by atoms with van der Waals surface area (Å²) in [7, 11) is 0. The minimum atomic E-state index is -0.516. The summed E-state index contributed by atoms with van der Waals surface area (Å²) in [5.41, 5.74) is 0.869. The summed E-state index contributed by atoms with van der Waals surface area (Å²) < 4.78 is 5.05. The molecule has 86 valence electrons. The minimum Gasteiger partial charge on any atom is -0.506 e. The van der Waals surface area contributed by atoms with Crippen LogP contribution in [-0.4, -0.2) is 21.0 Å². The Balaban J connectivity index is 2.16. The number of nitrogens with zero attached hydrogens (tertiary/aromatic N) is 2. The van der Waals surface area contributed by atoms with Crippen molar-refractivity contribution < 1.29 is 14.6 Å². The zero-order valence-electron chi connectivity index (χ0n) is 9.12. The molecular weight excluding hydrogens is 220 g/mol. The zero-order valence-corrected chi connectivity index (χ0v) is 9.12. The number of hydrogen-bond donors (Lipinski definition) is 1. The molecule has 2 heterocycles. The van der Waals surface area contributed by atoms with Gasteiger partial charge in [-0.3, -0.25) is 9.97 Å². The van der Waals surface area contributed by atoms with E-state index in [4.69, 9.17) is 4.74 Å². The van der Waals surface area contributed by atoms with Crippen molar-refractivity contribution in [3.63, 3.8) is 0 Å². The van der Waals surface area contributed by atoms with Gasteiger partial charge < -0.3 is 9.84 Å². The first kappa shape index (κ1) is 11.1. The lowest BCUT2D eigenvalue weighted by Crippen LogP contribution is -2.08. The van der Waals surface area contributed by atoms with E-state index >= 15 is 0 Å². The van der Waals surface area contributed by atoms with E-state index in [0.717, 1.165) is 0 Å². The number of pyridine rings is 2. The third-order valence-corrected chi connectivity index (χ3v) is 2.16. The number of hydrogen-bond acceptors (Lipinski definition) is 5. The predicted octanol–water partition coefficient (Wildman–Crippen LogP) is 1.71. The second kappa shape index (κ2) is 4.61. The Morgan fingerprint density at radius 1 is 1.35 bits per heavy atom. The van der Waals surface area contributed by atoms with Gasteiger partial charge in [-0.15, -0.1) is 0 Å². The molecule has 2 rings (SSSR count). The number of carbonyl (C=O) groups excluding carboxylic acids is 1. The monoisotopic (exact) mass is 230 g/mol. The third kappa shape index (κ3) is 2.57. The SMILES string of the molecule is Cc1ncc(OC(=O)c2ccncc2)cc1O. The maximum atomic E-state index is 11.7. The third-order valence-electron chi connectivity index (χ3n) is 2.16. The highest BCUT2D eigenvalue weighted by molar-refractivity contribution is 5.90. The van der Waals surface area contributed by atoms with E-state index in [-0.39, 0.29) is 11.5 Å². The van der Waals surface area contributed by atoms with E-state index in [1.807, 2.05) is 0 Å². The summed E-state index contributed by atoms with van der Waals surface area (Å²) in [5.74, 6) is -0.322. The van der Waals surface area contributed by atoms with Crippen molar-refractivity contribution in [2.75, 3.05) is 0 Å². The highest BCUT2D eigenvalue weighted by atomic mass is 16.5. The molecule has 17 heavy (non-hydrogen) atoms. The van der Waals surface area contributed by atoms with Crippen molar-refractivity contribution in [1.29, 1.82) is 0 Å². The van der Waals surface area contributed by atoms with E-state index in [2.05, 4.69) is 9.97 Å². The quantitative estimate of drug-likeness (QED) is 0.795. The fraction of sp³-hybridized carbons (Fsp3) is 0.0833. The second-order valence-electron chi connectivity index (χ2n) is 3.40. The summed E-state index contributed by atoms with van der Waals surface area (Å²) in [4.78, 5) is 19.3. The molecule has 1 N–H and O–H groups in total. The zero-order chi connectivity index (χ0) is 12.3. The highest BCUT2D eigenvalue weighted by Crippen LogP contribution is 2.20. The molecule has 0 aliphatic carbocycles. The number of aromatic nitrogens is 2. The van der Waals surface area contributed by atoms with Crippen LogP contribution < -0.4 is 4.74 Å². The van der Waals surface area contributed by atoms with E-state index in [1.54, 1.807) is 19.1 Å². The van der Waals surface area contributed by atoms with Crippen LogP contribution in [0.15, 0.2) is 36.8 Å². The molecule has 0 spiro atoms. The Morgan fingerprint density at radius 3 is 2.71 bits per heavy atom. The maximum absolute atomic E-state index is 11.7. The Hall–Kier alpha value is -2.43. The minimum absolute atomic E-state index is 0.00923. The van der Waals surface area contributed by atoms with Crippen LogP contribution in [-0.2, 0) is 0 Å². The molecule has 0 saturated heterocycles. The number of esters is 1. The fourth-order valence-corrected chi connectivity index (χ4v) is 1.21. The first-order valence-corrected chi connectivity index (χ1v) is 4.94. The van der Waals surface area contributed by atoms with Gasteiger partial charge in [0.05, 0.1) is 17.5 Å². The van der Waals surface area contributed by atoms with Gasteiger partial charge in [0.1, 0.15) is 5.75 Å². The molecule has 0 unspecified atom stereocenters. The van der Waals surface area contributed by atoms with E-state index in [1.165, 1.54) is 24.7 Å². The molecule has 5 nitrogen and oxygen atoms in total. The van der Waals surface area contributed by atoms with Crippen molar-refractivity contribution in [2.45, 2.75) is 6.92 Å². The predicted molar refractivity (Wildman–Crippen MR) is 59.8 cm³/mol. The number of aromatic hydroxyl groups is 1. The van der Waals surface area contributed by atoms with Gasteiger partial charge >= 0.3 is 5.97 Å². The average molecular weight is 230 g/mol. The fourth-order valence-electron chi connectivity index (χ4n) is 1.21. The van der Waals surface area contributed by atoms with E-state index in [0.29, 0.717) is 11.3 Å². The lowest BCUT2D eigenvalue weighted by atomic mass is 10.3. The molecule has 0 aliphatic rings. The molecule has 5 heteroatoms. The Morgan fingerprint density at radius 2 is 2.06 bits per heavy atom. The molecule has 0 radical (unpaired) electrons. The van der Waals surface area contributed by atoms with Crippen molar-refractivity contribution in [3.05, 3.63) is 48.0 Å². The van der Waals surface area contributed by atoms with Gasteiger partial charge in [0.2, 0.25) is 0 Å². The summed E-state index contributed by atoms with van der Waals surface area (Å²) >= 11 is 0. The molecular formula is C12H10N2O3. The van der Waals surface area contributed by atoms with Gasteiger partial charge in [0, 0.05) is 18.5 Å². The summed E-state index contributed by atoms with van der Waals surface area (Å²) in [6.45, 7) is 1.66. The molecule has 0 aliphatic heterocycles. The molecule has 2 aromatic heterocycles. The number of ether oxygens (including phenoxy) is 1. The molecule has 0 atom stereocenters. The largest absolute Gasteiger partial charge is 0.506 e. The lowest BCUT2D eigenvalue weighted by molar-refractivity contribution is 0.0733.